The van der Waals surface area contributed by atoms with E-state index >= 15 is 0 Å². The third kappa shape index (κ3) is 3.82. The summed E-state index contributed by atoms with van der Waals surface area (Å²) >= 11 is 0. The third-order valence-corrected chi connectivity index (χ3v) is 4.34. The average Bonchev–Trinajstić information content (AvgIpc) is 2.96. The zero-order valence-electron chi connectivity index (χ0n) is 13.8. The van der Waals surface area contributed by atoms with Crippen molar-refractivity contribution in [1.29, 1.82) is 0 Å². The molecule has 2 aromatic heterocycles. The molecule has 1 saturated heterocycles. The largest absolute Gasteiger partial charge is 0.465 e. The summed E-state index contributed by atoms with van der Waals surface area (Å²) in [6.45, 7) is 4.55. The second-order valence-corrected chi connectivity index (χ2v) is 6.14. The highest BCUT2D eigenvalue weighted by Crippen LogP contribution is 2.22. The normalized spacial score (nSPS) is 18.3. The van der Waals surface area contributed by atoms with E-state index in [2.05, 4.69) is 15.3 Å². The zero-order chi connectivity index (χ0) is 16.2. The minimum absolute atomic E-state index is 0.0753. The number of nitrogens with zero attached hydrogens (tertiary/aromatic N) is 3. The number of nitrogens with one attached hydrogen (secondary N) is 1. The fourth-order valence-electron chi connectivity index (χ4n) is 3.10. The summed E-state index contributed by atoms with van der Waals surface area (Å²) in [7, 11) is 1.70. The first-order valence-corrected chi connectivity index (χ1v) is 8.20. The first-order chi connectivity index (χ1) is 11.1. The van der Waals surface area contributed by atoms with Gasteiger partial charge in [-0.15, -0.1) is 0 Å². The van der Waals surface area contributed by atoms with Crippen molar-refractivity contribution in [3.05, 3.63) is 46.1 Å². The molecule has 3 rings (SSSR count). The topological polar surface area (TPSA) is 63.3 Å². The van der Waals surface area contributed by atoms with Crippen molar-refractivity contribution in [2.24, 2.45) is 7.05 Å². The molecule has 0 amide bonds. The SMILES string of the molecule is Cc1ccc(CNCC2CCCCN2c2ccc(=O)n(C)n2)o1. The van der Waals surface area contributed by atoms with Crippen molar-refractivity contribution >= 4 is 5.82 Å². The van der Waals surface area contributed by atoms with E-state index in [-0.39, 0.29) is 5.56 Å². The molecule has 124 valence electrons. The lowest BCUT2D eigenvalue weighted by Crippen LogP contribution is -2.46. The maximum absolute atomic E-state index is 11.5. The van der Waals surface area contributed by atoms with E-state index < -0.39 is 0 Å². The molecule has 6 nitrogen and oxygen atoms in total. The van der Waals surface area contributed by atoms with Gasteiger partial charge in [-0.3, -0.25) is 4.79 Å². The Bertz CT molecular complexity index is 707. The Kier molecular flexibility index (Phi) is 4.81. The second kappa shape index (κ2) is 7.00. The lowest BCUT2D eigenvalue weighted by atomic mass is 10.0. The first kappa shape index (κ1) is 15.8. The summed E-state index contributed by atoms with van der Waals surface area (Å²) in [5, 5.41) is 7.88. The van der Waals surface area contributed by atoms with Gasteiger partial charge < -0.3 is 14.6 Å². The Balaban J connectivity index is 1.63. The minimum Gasteiger partial charge on any atom is -0.465 e. The summed E-state index contributed by atoms with van der Waals surface area (Å²) in [4.78, 5) is 13.8. The molecule has 1 atom stereocenters. The van der Waals surface area contributed by atoms with Gasteiger partial charge >= 0.3 is 0 Å². The zero-order valence-corrected chi connectivity index (χ0v) is 13.8. The molecule has 0 spiro atoms. The maximum atomic E-state index is 11.5. The molecule has 23 heavy (non-hydrogen) atoms. The third-order valence-electron chi connectivity index (χ3n) is 4.34. The molecule has 0 radical (unpaired) electrons. The summed E-state index contributed by atoms with van der Waals surface area (Å²) in [5.74, 6) is 2.79. The Morgan fingerprint density at radius 2 is 2.17 bits per heavy atom. The van der Waals surface area contributed by atoms with Crippen molar-refractivity contribution in [1.82, 2.24) is 15.1 Å². The van der Waals surface area contributed by atoms with Crippen molar-refractivity contribution in [3.63, 3.8) is 0 Å². The predicted octanol–water partition coefficient (Wildman–Crippen LogP) is 1.83. The fourth-order valence-corrected chi connectivity index (χ4v) is 3.10. The molecule has 1 aliphatic rings. The molecule has 2 aromatic rings. The van der Waals surface area contributed by atoms with Crippen LogP contribution in [0.1, 0.15) is 30.8 Å². The number of aryl methyl sites for hydroxylation is 2. The van der Waals surface area contributed by atoms with E-state index in [1.165, 1.54) is 17.5 Å². The number of furan rings is 1. The fraction of sp³-hybridized carbons (Fsp3) is 0.529. The Labute approximate surface area is 136 Å². The van der Waals surface area contributed by atoms with Gasteiger partial charge in [0.2, 0.25) is 0 Å². The average molecular weight is 316 g/mol. The maximum Gasteiger partial charge on any atom is 0.266 e. The summed E-state index contributed by atoms with van der Waals surface area (Å²) in [5.41, 5.74) is -0.0753. The van der Waals surface area contributed by atoms with Crippen LogP contribution in [0.25, 0.3) is 0 Å². The van der Waals surface area contributed by atoms with Gasteiger partial charge in [-0.05, 0) is 44.4 Å². The minimum atomic E-state index is -0.0753. The predicted molar refractivity (Wildman–Crippen MR) is 89.6 cm³/mol. The molecule has 1 fully saturated rings. The number of hydrogen-bond acceptors (Lipinski definition) is 5. The summed E-state index contributed by atoms with van der Waals surface area (Å²) < 4.78 is 6.99. The van der Waals surface area contributed by atoms with Crippen molar-refractivity contribution < 1.29 is 4.42 Å². The Hall–Kier alpha value is -2.08. The van der Waals surface area contributed by atoms with Crippen molar-refractivity contribution in [2.45, 2.75) is 38.8 Å². The Morgan fingerprint density at radius 1 is 1.30 bits per heavy atom. The van der Waals surface area contributed by atoms with Gasteiger partial charge in [0.05, 0.1) is 6.54 Å². The summed E-state index contributed by atoms with van der Waals surface area (Å²) in [6.07, 6.45) is 3.53. The van der Waals surface area contributed by atoms with Crippen LogP contribution in [0.3, 0.4) is 0 Å². The molecule has 1 unspecified atom stereocenters. The number of piperidine rings is 1. The Morgan fingerprint density at radius 3 is 2.91 bits per heavy atom. The highest BCUT2D eigenvalue weighted by atomic mass is 16.3. The standard InChI is InChI=1S/C17H24N4O2/c1-13-6-7-15(23-13)12-18-11-14-5-3-4-10-21(14)16-8-9-17(22)20(2)19-16/h6-9,14,18H,3-5,10-12H2,1-2H3. The molecule has 6 heteroatoms. The summed E-state index contributed by atoms with van der Waals surface area (Å²) in [6, 6.07) is 7.81. The highest BCUT2D eigenvalue weighted by molar-refractivity contribution is 5.38. The number of hydrogen-bond donors (Lipinski definition) is 1. The molecule has 0 aliphatic carbocycles. The monoisotopic (exact) mass is 316 g/mol. The number of rotatable bonds is 5. The lowest BCUT2D eigenvalue weighted by Gasteiger charge is -2.36. The molecule has 0 saturated carbocycles. The van der Waals surface area contributed by atoms with Crippen LogP contribution in [0, 0.1) is 6.92 Å². The molecular formula is C17H24N4O2. The molecule has 0 aromatic carbocycles. The van der Waals surface area contributed by atoms with Crippen molar-refractivity contribution in [2.75, 3.05) is 18.0 Å². The lowest BCUT2D eigenvalue weighted by molar-refractivity contribution is 0.410. The van der Waals surface area contributed by atoms with Crippen LogP contribution < -0.4 is 15.8 Å². The van der Waals surface area contributed by atoms with E-state index in [4.69, 9.17) is 4.42 Å². The number of aromatic nitrogens is 2. The van der Waals surface area contributed by atoms with E-state index in [9.17, 15) is 4.79 Å². The highest BCUT2D eigenvalue weighted by Gasteiger charge is 2.23. The smallest absolute Gasteiger partial charge is 0.266 e. The van der Waals surface area contributed by atoms with Crippen LogP contribution in [0.4, 0.5) is 5.82 Å². The molecule has 3 heterocycles. The van der Waals surface area contributed by atoms with Gasteiger partial charge in [-0.25, -0.2) is 4.68 Å². The van der Waals surface area contributed by atoms with Crippen LogP contribution in [0.2, 0.25) is 0 Å². The van der Waals surface area contributed by atoms with Crippen LogP contribution in [-0.2, 0) is 13.6 Å². The molecule has 1 aliphatic heterocycles. The molecule has 0 bridgehead atoms. The molecule has 1 N–H and O–H groups in total. The van der Waals surface area contributed by atoms with Crippen LogP contribution in [0.5, 0.6) is 0 Å². The molecular weight excluding hydrogens is 292 g/mol. The van der Waals surface area contributed by atoms with E-state index in [1.54, 1.807) is 13.1 Å². The van der Waals surface area contributed by atoms with Crippen LogP contribution >= 0.6 is 0 Å². The number of anilines is 1. The van der Waals surface area contributed by atoms with Crippen LogP contribution in [-0.4, -0.2) is 28.9 Å². The van der Waals surface area contributed by atoms with Gasteiger partial charge in [0.1, 0.15) is 17.3 Å². The quantitative estimate of drug-likeness (QED) is 0.912. The van der Waals surface area contributed by atoms with Gasteiger partial charge in [0.25, 0.3) is 5.56 Å². The van der Waals surface area contributed by atoms with Gasteiger partial charge in [0, 0.05) is 32.2 Å². The second-order valence-electron chi connectivity index (χ2n) is 6.14. The van der Waals surface area contributed by atoms with Gasteiger partial charge in [-0.1, -0.05) is 0 Å². The van der Waals surface area contributed by atoms with Gasteiger partial charge in [-0.2, -0.15) is 5.10 Å². The van der Waals surface area contributed by atoms with Gasteiger partial charge in [0.15, 0.2) is 0 Å². The van der Waals surface area contributed by atoms with Crippen LogP contribution in [0.15, 0.2) is 33.5 Å². The van der Waals surface area contributed by atoms with Crippen molar-refractivity contribution in [3.8, 4) is 0 Å². The van der Waals surface area contributed by atoms with E-state index in [0.29, 0.717) is 6.04 Å². The van der Waals surface area contributed by atoms with E-state index in [1.807, 2.05) is 25.1 Å². The van der Waals surface area contributed by atoms with E-state index in [0.717, 1.165) is 43.4 Å². The first-order valence-electron chi connectivity index (χ1n) is 8.20.